The van der Waals surface area contributed by atoms with Crippen molar-refractivity contribution in [3.63, 3.8) is 0 Å². The zero-order valence-electron chi connectivity index (χ0n) is 16.3. The molecule has 3 rings (SSSR count). The molecule has 0 aromatic heterocycles. The number of amides is 4. The van der Waals surface area contributed by atoms with E-state index in [0.717, 1.165) is 49.8 Å². The fourth-order valence-electron chi connectivity index (χ4n) is 4.57. The molecule has 0 aromatic rings. The maximum Gasteiger partial charge on any atom is 0.329 e. The summed E-state index contributed by atoms with van der Waals surface area (Å²) in [5.74, 6) is -3.34. The fourth-order valence-corrected chi connectivity index (χ4v) is 4.57. The van der Waals surface area contributed by atoms with Gasteiger partial charge < -0.3 is 4.74 Å². The number of nitrogens with one attached hydrogen (secondary N) is 1. The lowest BCUT2D eigenvalue weighted by molar-refractivity contribution is -0.160. The molecule has 28 heavy (non-hydrogen) atoms. The number of likely N-dealkylation sites (tertiary alicyclic amines) is 1. The van der Waals surface area contributed by atoms with Gasteiger partial charge in [-0.25, -0.2) is 4.79 Å². The van der Waals surface area contributed by atoms with Crippen molar-refractivity contribution in [2.45, 2.75) is 70.8 Å². The summed E-state index contributed by atoms with van der Waals surface area (Å²) in [6, 6.07) is -1.08. The van der Waals surface area contributed by atoms with Gasteiger partial charge >= 0.3 is 5.97 Å². The highest BCUT2D eigenvalue weighted by atomic mass is 16.5. The van der Waals surface area contributed by atoms with Crippen LogP contribution in [0.1, 0.15) is 64.7 Å². The van der Waals surface area contributed by atoms with Crippen LogP contribution in [0.2, 0.25) is 0 Å². The minimum Gasteiger partial charge on any atom is -0.454 e. The molecule has 0 radical (unpaired) electrons. The molecular weight excluding hydrogens is 364 g/mol. The predicted octanol–water partition coefficient (Wildman–Crippen LogP) is 1.32. The van der Waals surface area contributed by atoms with Crippen molar-refractivity contribution in [3.8, 4) is 0 Å². The third kappa shape index (κ3) is 4.25. The Morgan fingerprint density at radius 2 is 1.50 bits per heavy atom. The third-order valence-corrected chi connectivity index (χ3v) is 6.19. The lowest BCUT2D eigenvalue weighted by atomic mass is 9.81. The van der Waals surface area contributed by atoms with E-state index in [4.69, 9.17) is 4.74 Å². The molecule has 2 unspecified atom stereocenters. The predicted molar refractivity (Wildman–Crippen MR) is 97.4 cm³/mol. The second-order valence-electron chi connectivity index (χ2n) is 8.07. The Morgan fingerprint density at radius 1 is 0.964 bits per heavy atom. The minimum atomic E-state index is -1.08. The van der Waals surface area contributed by atoms with Crippen LogP contribution < -0.4 is 5.32 Å². The first kappa shape index (κ1) is 20.5. The normalized spacial score (nSPS) is 26.5. The molecule has 8 nitrogen and oxygen atoms in total. The van der Waals surface area contributed by atoms with Crippen LogP contribution in [0.5, 0.6) is 0 Å². The molecule has 3 fully saturated rings. The van der Waals surface area contributed by atoms with Gasteiger partial charge in [-0.1, -0.05) is 32.1 Å². The van der Waals surface area contributed by atoms with Gasteiger partial charge in [0.2, 0.25) is 17.7 Å². The van der Waals surface area contributed by atoms with Crippen LogP contribution in [0.25, 0.3) is 0 Å². The first-order valence-corrected chi connectivity index (χ1v) is 10.3. The summed E-state index contributed by atoms with van der Waals surface area (Å²) in [5.41, 5.74) is 0. The number of carbonyl (C=O) groups is 5. The molecule has 0 aromatic carbocycles. The highest BCUT2D eigenvalue weighted by Gasteiger charge is 2.51. The van der Waals surface area contributed by atoms with E-state index in [1.54, 1.807) is 0 Å². The molecule has 154 valence electrons. The number of fused-ring (bicyclic) bond motifs is 1. The van der Waals surface area contributed by atoms with Crippen LogP contribution in [0, 0.1) is 17.8 Å². The Kier molecular flexibility index (Phi) is 6.46. The smallest absolute Gasteiger partial charge is 0.329 e. The highest BCUT2D eigenvalue weighted by molar-refractivity contribution is 6.08. The standard InChI is InChI=1S/C20H28N2O6/c1-12(22-18(25)14-9-5-6-10-15(14)19(22)26)20(27)28-11-16(23)21-17(24)13-7-3-2-4-8-13/h12-15H,2-11H2,1H3,(H,21,23,24)/t12-,14?,15?/m0/s1. The number of imide groups is 2. The van der Waals surface area contributed by atoms with Gasteiger partial charge in [0.05, 0.1) is 11.8 Å². The molecule has 1 heterocycles. The van der Waals surface area contributed by atoms with E-state index in [1.807, 2.05) is 0 Å². The first-order valence-electron chi connectivity index (χ1n) is 10.3. The first-order chi connectivity index (χ1) is 13.4. The Balaban J connectivity index is 1.48. The molecule has 8 heteroatoms. The van der Waals surface area contributed by atoms with Gasteiger partial charge in [0.15, 0.2) is 6.61 Å². The number of hydrogen-bond donors (Lipinski definition) is 1. The van der Waals surface area contributed by atoms with Crippen LogP contribution in [0.15, 0.2) is 0 Å². The molecule has 0 bridgehead atoms. The monoisotopic (exact) mass is 392 g/mol. The summed E-state index contributed by atoms with van der Waals surface area (Å²) in [6.45, 7) is 0.825. The van der Waals surface area contributed by atoms with Crippen LogP contribution in [0.4, 0.5) is 0 Å². The maximum absolute atomic E-state index is 12.5. The van der Waals surface area contributed by atoms with E-state index in [1.165, 1.54) is 6.92 Å². The summed E-state index contributed by atoms with van der Waals surface area (Å²) in [5, 5.41) is 2.27. The van der Waals surface area contributed by atoms with Gasteiger partial charge in [-0.15, -0.1) is 0 Å². The zero-order valence-corrected chi connectivity index (χ0v) is 16.3. The number of hydrogen-bond acceptors (Lipinski definition) is 6. The highest BCUT2D eigenvalue weighted by Crippen LogP contribution is 2.38. The van der Waals surface area contributed by atoms with E-state index < -0.39 is 24.5 Å². The van der Waals surface area contributed by atoms with Gasteiger partial charge in [-0.05, 0) is 32.6 Å². The number of nitrogens with zero attached hydrogens (tertiary/aromatic N) is 1. The Hall–Kier alpha value is -2.25. The number of ether oxygens (including phenoxy) is 1. The molecule has 3 atom stereocenters. The average molecular weight is 392 g/mol. The molecule has 1 saturated heterocycles. The van der Waals surface area contributed by atoms with Crippen molar-refractivity contribution in [1.82, 2.24) is 10.2 Å². The van der Waals surface area contributed by atoms with Crippen molar-refractivity contribution in [2.75, 3.05) is 6.61 Å². The van der Waals surface area contributed by atoms with E-state index in [-0.39, 0.29) is 35.5 Å². The topological polar surface area (TPSA) is 110 Å². The van der Waals surface area contributed by atoms with Crippen LogP contribution in [0.3, 0.4) is 0 Å². The molecule has 0 spiro atoms. The van der Waals surface area contributed by atoms with Gasteiger partial charge in [-0.2, -0.15) is 0 Å². The van der Waals surface area contributed by atoms with Crippen molar-refractivity contribution >= 4 is 29.6 Å². The minimum absolute atomic E-state index is 0.171. The zero-order chi connectivity index (χ0) is 20.3. The van der Waals surface area contributed by atoms with Crippen LogP contribution in [-0.4, -0.2) is 47.1 Å². The van der Waals surface area contributed by atoms with Gasteiger partial charge in [0, 0.05) is 5.92 Å². The lowest BCUT2D eigenvalue weighted by Gasteiger charge is -2.22. The van der Waals surface area contributed by atoms with Crippen molar-refractivity contribution in [2.24, 2.45) is 17.8 Å². The number of esters is 1. The van der Waals surface area contributed by atoms with E-state index >= 15 is 0 Å². The molecule has 2 aliphatic carbocycles. The van der Waals surface area contributed by atoms with Crippen molar-refractivity contribution < 1.29 is 28.7 Å². The van der Waals surface area contributed by atoms with Crippen molar-refractivity contribution in [1.29, 1.82) is 0 Å². The Labute approximate surface area is 164 Å². The molecular formula is C20H28N2O6. The van der Waals surface area contributed by atoms with E-state index in [2.05, 4.69) is 5.32 Å². The second kappa shape index (κ2) is 8.84. The maximum atomic E-state index is 12.5. The summed E-state index contributed by atoms with van der Waals surface area (Å²) in [6.07, 6.45) is 7.71. The average Bonchev–Trinajstić information content (AvgIpc) is 2.97. The number of carbonyl (C=O) groups excluding carboxylic acids is 5. The van der Waals surface area contributed by atoms with E-state index in [0.29, 0.717) is 12.8 Å². The summed E-state index contributed by atoms with van der Waals surface area (Å²) >= 11 is 0. The van der Waals surface area contributed by atoms with Gasteiger partial charge in [0.25, 0.3) is 5.91 Å². The largest absolute Gasteiger partial charge is 0.454 e. The quantitative estimate of drug-likeness (QED) is 0.558. The summed E-state index contributed by atoms with van der Waals surface area (Å²) in [7, 11) is 0. The third-order valence-electron chi connectivity index (χ3n) is 6.19. The molecule has 1 aliphatic heterocycles. The molecule has 2 saturated carbocycles. The Morgan fingerprint density at radius 3 is 2.07 bits per heavy atom. The van der Waals surface area contributed by atoms with Gasteiger partial charge in [-0.3, -0.25) is 29.4 Å². The Bertz CT molecular complexity index is 646. The summed E-state index contributed by atoms with van der Waals surface area (Å²) < 4.78 is 4.97. The molecule has 3 aliphatic rings. The SMILES string of the molecule is C[C@@H](C(=O)OCC(=O)NC(=O)C1CCCCC1)N1C(=O)C2CCCCC2C1=O. The summed E-state index contributed by atoms with van der Waals surface area (Å²) in [4.78, 5) is 62.3. The molecule has 4 amide bonds. The second-order valence-corrected chi connectivity index (χ2v) is 8.07. The fraction of sp³-hybridized carbons (Fsp3) is 0.750. The van der Waals surface area contributed by atoms with E-state index in [9.17, 15) is 24.0 Å². The van der Waals surface area contributed by atoms with Crippen LogP contribution >= 0.6 is 0 Å². The van der Waals surface area contributed by atoms with Gasteiger partial charge in [0.1, 0.15) is 6.04 Å². The molecule has 1 N–H and O–H groups in total. The van der Waals surface area contributed by atoms with Crippen molar-refractivity contribution in [3.05, 3.63) is 0 Å². The lowest BCUT2D eigenvalue weighted by Crippen LogP contribution is -2.45. The van der Waals surface area contributed by atoms with Crippen LogP contribution in [-0.2, 0) is 28.7 Å². The number of rotatable bonds is 5.